The molecule has 1 aromatic heterocycles. The summed E-state index contributed by atoms with van der Waals surface area (Å²) in [6.45, 7) is 5.87. The van der Waals surface area contributed by atoms with Crippen LogP contribution in [0, 0.1) is 0 Å². The van der Waals surface area contributed by atoms with Gasteiger partial charge in [-0.15, -0.1) is 0 Å². The molecule has 0 saturated heterocycles. The van der Waals surface area contributed by atoms with Crippen LogP contribution in [0.2, 0.25) is 0 Å². The molecule has 0 atom stereocenters. The summed E-state index contributed by atoms with van der Waals surface area (Å²) in [5, 5.41) is 3.63. The maximum absolute atomic E-state index is 13.4. The maximum atomic E-state index is 13.4. The number of aromatic nitrogens is 2. The predicted octanol–water partition coefficient (Wildman–Crippen LogP) is 6.31. The van der Waals surface area contributed by atoms with Gasteiger partial charge in [0.1, 0.15) is 5.82 Å². The second-order valence-electron chi connectivity index (χ2n) is 8.27. The van der Waals surface area contributed by atoms with Crippen molar-refractivity contribution >= 4 is 37.9 Å². The molecule has 0 aliphatic heterocycles. The highest BCUT2D eigenvalue weighted by atomic mass is 32.2. The number of fused-ring (bicyclic) bond motifs is 1. The van der Waals surface area contributed by atoms with Crippen LogP contribution in [0.25, 0.3) is 22.3 Å². The summed E-state index contributed by atoms with van der Waals surface area (Å²) in [5.41, 5.74) is 1.54. The maximum Gasteiger partial charge on any atom is 0.416 e. The van der Waals surface area contributed by atoms with Crippen molar-refractivity contribution in [2.24, 2.45) is 0 Å². The average Bonchev–Trinajstić information content (AvgIpc) is 2.84. The first-order valence-electron chi connectivity index (χ1n) is 11.3. The van der Waals surface area contributed by atoms with E-state index in [-0.39, 0.29) is 16.2 Å². The first-order chi connectivity index (χ1) is 17.0. The number of hydrogen-bond donors (Lipinski definition) is 1. The lowest BCUT2D eigenvalue weighted by Crippen LogP contribution is -2.21. The number of hydrogen-bond acceptors (Lipinski definition) is 6. The summed E-state index contributed by atoms with van der Waals surface area (Å²) in [5.74, 6) is 0.510. The molecular formula is C26H25F3N4O2S. The van der Waals surface area contributed by atoms with Crippen molar-refractivity contribution < 1.29 is 21.6 Å². The van der Waals surface area contributed by atoms with Gasteiger partial charge in [-0.2, -0.15) is 13.2 Å². The third kappa shape index (κ3) is 5.43. The molecule has 0 fully saturated rings. The van der Waals surface area contributed by atoms with E-state index >= 15 is 0 Å². The van der Waals surface area contributed by atoms with Crippen molar-refractivity contribution in [1.82, 2.24) is 9.97 Å². The summed E-state index contributed by atoms with van der Waals surface area (Å²) in [7, 11) is -3.40. The highest BCUT2D eigenvalue weighted by Gasteiger charge is 2.31. The third-order valence-electron chi connectivity index (χ3n) is 5.82. The third-order valence-corrected chi connectivity index (χ3v) is 6.95. The SMILES string of the molecule is CCN(CC)c1ccc(Nc2nc(-c3ccc(S(C)(=O)=O)cc3)nc3cc(C(F)(F)F)ccc23)cc1. The number of alkyl halides is 3. The van der Waals surface area contributed by atoms with Crippen LogP contribution in [-0.2, 0) is 16.0 Å². The molecular weight excluding hydrogens is 489 g/mol. The second kappa shape index (κ2) is 9.77. The van der Waals surface area contributed by atoms with Crippen LogP contribution in [0.4, 0.5) is 30.4 Å². The van der Waals surface area contributed by atoms with Crippen molar-refractivity contribution in [2.75, 3.05) is 29.6 Å². The number of sulfone groups is 1. The first kappa shape index (κ1) is 25.4. The van der Waals surface area contributed by atoms with Gasteiger partial charge in [-0.1, -0.05) is 0 Å². The van der Waals surface area contributed by atoms with E-state index in [9.17, 15) is 21.6 Å². The van der Waals surface area contributed by atoms with Gasteiger partial charge in [0.15, 0.2) is 15.7 Å². The Bertz CT molecular complexity index is 1480. The Morgan fingerprint density at radius 1 is 0.889 bits per heavy atom. The van der Waals surface area contributed by atoms with E-state index in [1.165, 1.54) is 30.3 Å². The fourth-order valence-corrected chi connectivity index (χ4v) is 4.49. The van der Waals surface area contributed by atoms with Crippen LogP contribution in [0.15, 0.2) is 71.6 Å². The topological polar surface area (TPSA) is 75.2 Å². The normalized spacial score (nSPS) is 12.1. The van der Waals surface area contributed by atoms with Gasteiger partial charge in [0.05, 0.1) is 16.0 Å². The molecule has 3 aromatic carbocycles. The van der Waals surface area contributed by atoms with Crippen LogP contribution in [0.5, 0.6) is 0 Å². The van der Waals surface area contributed by atoms with Crippen LogP contribution < -0.4 is 10.2 Å². The van der Waals surface area contributed by atoms with E-state index in [0.29, 0.717) is 22.5 Å². The van der Waals surface area contributed by atoms with Crippen LogP contribution in [-0.4, -0.2) is 37.7 Å². The molecule has 0 aliphatic rings. The zero-order valence-electron chi connectivity index (χ0n) is 20.0. The van der Waals surface area contributed by atoms with Crippen molar-refractivity contribution in [2.45, 2.75) is 24.9 Å². The number of nitrogens with one attached hydrogen (secondary N) is 1. The Balaban J connectivity index is 1.80. The molecule has 0 spiro atoms. The Morgan fingerprint density at radius 3 is 2.08 bits per heavy atom. The molecule has 188 valence electrons. The molecule has 0 aliphatic carbocycles. The summed E-state index contributed by atoms with van der Waals surface area (Å²) in [6.07, 6.45) is -3.43. The molecule has 6 nitrogen and oxygen atoms in total. The summed E-state index contributed by atoms with van der Waals surface area (Å²) in [6, 6.07) is 16.9. The van der Waals surface area contributed by atoms with Gasteiger partial charge in [-0.05, 0) is 80.6 Å². The van der Waals surface area contributed by atoms with E-state index in [1.807, 2.05) is 24.3 Å². The van der Waals surface area contributed by atoms with E-state index in [2.05, 4.69) is 34.0 Å². The molecule has 0 amide bonds. The van der Waals surface area contributed by atoms with Crippen LogP contribution >= 0.6 is 0 Å². The number of benzene rings is 3. The lowest BCUT2D eigenvalue weighted by atomic mass is 10.1. The van der Waals surface area contributed by atoms with E-state index < -0.39 is 21.6 Å². The van der Waals surface area contributed by atoms with Gasteiger partial charge < -0.3 is 10.2 Å². The number of anilines is 3. The van der Waals surface area contributed by atoms with Crippen molar-refractivity contribution in [1.29, 1.82) is 0 Å². The summed E-state index contributed by atoms with van der Waals surface area (Å²) >= 11 is 0. The Labute approximate surface area is 207 Å². The van der Waals surface area contributed by atoms with Gasteiger partial charge in [-0.25, -0.2) is 18.4 Å². The quantitative estimate of drug-likeness (QED) is 0.312. The Hall–Kier alpha value is -3.66. The zero-order valence-corrected chi connectivity index (χ0v) is 20.8. The minimum absolute atomic E-state index is 0.115. The summed E-state index contributed by atoms with van der Waals surface area (Å²) in [4.78, 5) is 11.3. The molecule has 4 rings (SSSR count). The molecule has 10 heteroatoms. The molecule has 0 unspecified atom stereocenters. The smallest absolute Gasteiger partial charge is 0.372 e. The van der Waals surface area contributed by atoms with E-state index in [1.54, 1.807) is 0 Å². The number of rotatable bonds is 7. The highest BCUT2D eigenvalue weighted by Crippen LogP contribution is 2.34. The van der Waals surface area contributed by atoms with Crippen molar-refractivity contribution in [3.8, 4) is 11.4 Å². The predicted molar refractivity (Wildman–Crippen MR) is 136 cm³/mol. The van der Waals surface area contributed by atoms with Crippen LogP contribution in [0.3, 0.4) is 0 Å². The minimum atomic E-state index is -4.52. The van der Waals surface area contributed by atoms with Gasteiger partial charge in [0.25, 0.3) is 0 Å². The second-order valence-corrected chi connectivity index (χ2v) is 10.3. The monoisotopic (exact) mass is 514 g/mol. The standard InChI is InChI=1S/C26H25F3N4O2S/c1-4-33(5-2)20-11-9-19(10-12-20)30-25-22-15-8-18(26(27,28)29)16-23(22)31-24(32-25)17-6-13-21(14-7-17)36(3,34)35/h6-16H,4-5H2,1-3H3,(H,30,31,32). The fourth-order valence-electron chi connectivity index (χ4n) is 3.86. The van der Waals surface area contributed by atoms with Crippen molar-refractivity contribution in [3.05, 3.63) is 72.3 Å². The van der Waals surface area contributed by atoms with Gasteiger partial charge in [-0.3, -0.25) is 0 Å². The fraction of sp³-hybridized carbons (Fsp3) is 0.231. The Kier molecular flexibility index (Phi) is 6.90. The first-order valence-corrected chi connectivity index (χ1v) is 13.2. The molecule has 36 heavy (non-hydrogen) atoms. The molecule has 0 saturated carbocycles. The molecule has 1 heterocycles. The highest BCUT2D eigenvalue weighted by molar-refractivity contribution is 7.90. The Morgan fingerprint density at radius 2 is 1.53 bits per heavy atom. The molecule has 4 aromatic rings. The average molecular weight is 515 g/mol. The van der Waals surface area contributed by atoms with Crippen molar-refractivity contribution in [3.63, 3.8) is 0 Å². The van der Waals surface area contributed by atoms with Gasteiger partial charge >= 0.3 is 6.18 Å². The van der Waals surface area contributed by atoms with E-state index in [4.69, 9.17) is 0 Å². The largest absolute Gasteiger partial charge is 0.416 e. The lowest BCUT2D eigenvalue weighted by molar-refractivity contribution is -0.137. The molecule has 0 bridgehead atoms. The number of nitrogens with zero attached hydrogens (tertiary/aromatic N) is 3. The number of halogens is 3. The zero-order chi connectivity index (χ0) is 26.1. The van der Waals surface area contributed by atoms with Crippen LogP contribution in [0.1, 0.15) is 19.4 Å². The minimum Gasteiger partial charge on any atom is -0.372 e. The lowest BCUT2D eigenvalue weighted by Gasteiger charge is -2.21. The van der Waals surface area contributed by atoms with Gasteiger partial charge in [0, 0.05) is 41.7 Å². The summed E-state index contributed by atoms with van der Waals surface area (Å²) < 4.78 is 63.7. The molecule has 1 N–H and O–H groups in total. The molecule has 0 radical (unpaired) electrons. The van der Waals surface area contributed by atoms with E-state index in [0.717, 1.165) is 37.2 Å². The van der Waals surface area contributed by atoms with Gasteiger partial charge in [0.2, 0.25) is 0 Å².